The third-order valence-corrected chi connectivity index (χ3v) is 0.901. The zero-order chi connectivity index (χ0) is 6.41. The third-order valence-electron chi connectivity index (χ3n) is 0.901. The van der Waals surface area contributed by atoms with Crippen molar-refractivity contribution < 1.29 is 0 Å². The fourth-order valence-corrected chi connectivity index (χ4v) is 0.525. The summed E-state index contributed by atoms with van der Waals surface area (Å²) in [4.78, 5) is 9.60. The summed E-state index contributed by atoms with van der Waals surface area (Å²) in [6.45, 7) is 5.21. The van der Waals surface area contributed by atoms with Crippen LogP contribution >= 0.6 is 0 Å². The summed E-state index contributed by atoms with van der Waals surface area (Å²) < 4.78 is 0. The SMILES string of the molecule is CCNC(C)CN=O. The van der Waals surface area contributed by atoms with Gasteiger partial charge in [-0.05, 0) is 13.5 Å². The number of hydrogen-bond acceptors (Lipinski definition) is 3. The van der Waals surface area contributed by atoms with E-state index in [0.717, 1.165) is 6.54 Å². The number of rotatable bonds is 4. The molecule has 1 unspecified atom stereocenters. The van der Waals surface area contributed by atoms with Gasteiger partial charge < -0.3 is 5.32 Å². The normalized spacial score (nSPS) is 13.2. The molecule has 0 saturated heterocycles. The molecule has 3 nitrogen and oxygen atoms in total. The lowest BCUT2D eigenvalue weighted by atomic mass is 10.3. The summed E-state index contributed by atoms with van der Waals surface area (Å²) in [5, 5.41) is 5.79. The molecule has 0 saturated carbocycles. The molecule has 0 rings (SSSR count). The van der Waals surface area contributed by atoms with Gasteiger partial charge in [-0.3, -0.25) is 0 Å². The van der Waals surface area contributed by atoms with E-state index in [2.05, 4.69) is 10.5 Å². The Bertz CT molecular complexity index is 65.4. The van der Waals surface area contributed by atoms with Crippen molar-refractivity contribution in [2.45, 2.75) is 19.9 Å². The predicted molar refractivity (Wildman–Crippen MR) is 33.8 cm³/mol. The summed E-state index contributed by atoms with van der Waals surface area (Å²) in [6, 6.07) is 0.234. The summed E-state index contributed by atoms with van der Waals surface area (Å²) in [5.41, 5.74) is 0. The smallest absolute Gasteiger partial charge is 0.0961 e. The second-order valence-electron chi connectivity index (χ2n) is 1.77. The molecule has 0 spiro atoms. The first-order chi connectivity index (χ1) is 3.81. The zero-order valence-corrected chi connectivity index (χ0v) is 5.35. The minimum atomic E-state index is 0.234. The molecule has 0 fully saturated rings. The molecule has 1 N–H and O–H groups in total. The van der Waals surface area contributed by atoms with Crippen molar-refractivity contribution >= 4 is 0 Å². The van der Waals surface area contributed by atoms with Crippen LogP contribution < -0.4 is 5.32 Å². The van der Waals surface area contributed by atoms with Crippen LogP contribution in [0.2, 0.25) is 0 Å². The number of nitroso groups, excluding NO2 is 1. The summed E-state index contributed by atoms with van der Waals surface area (Å²) in [6.07, 6.45) is 0. The fourth-order valence-electron chi connectivity index (χ4n) is 0.525. The van der Waals surface area contributed by atoms with Gasteiger partial charge in [0.2, 0.25) is 0 Å². The molecular formula is C5H12N2O. The second kappa shape index (κ2) is 4.71. The van der Waals surface area contributed by atoms with E-state index in [0.29, 0.717) is 6.54 Å². The van der Waals surface area contributed by atoms with Crippen molar-refractivity contribution in [2.75, 3.05) is 13.1 Å². The Morgan fingerprint density at radius 2 is 2.38 bits per heavy atom. The molecule has 0 amide bonds. The molecule has 0 aliphatic rings. The van der Waals surface area contributed by atoms with E-state index in [1.165, 1.54) is 0 Å². The Labute approximate surface area is 49.4 Å². The lowest BCUT2D eigenvalue weighted by molar-refractivity contribution is 0.576. The lowest BCUT2D eigenvalue weighted by Crippen LogP contribution is -2.27. The van der Waals surface area contributed by atoms with Crippen molar-refractivity contribution in [3.8, 4) is 0 Å². The van der Waals surface area contributed by atoms with E-state index in [1.807, 2.05) is 13.8 Å². The van der Waals surface area contributed by atoms with Crippen LogP contribution in [0.4, 0.5) is 0 Å². The number of nitrogens with zero attached hydrogens (tertiary/aromatic N) is 1. The van der Waals surface area contributed by atoms with Crippen molar-refractivity contribution in [3.63, 3.8) is 0 Å². The van der Waals surface area contributed by atoms with Gasteiger partial charge in [-0.2, -0.15) is 4.91 Å². The highest BCUT2D eigenvalue weighted by molar-refractivity contribution is 4.60. The molecule has 0 aromatic carbocycles. The summed E-state index contributed by atoms with van der Waals surface area (Å²) in [5.74, 6) is 0. The van der Waals surface area contributed by atoms with Crippen molar-refractivity contribution in [3.05, 3.63) is 4.91 Å². The maximum absolute atomic E-state index is 9.60. The number of nitrogens with one attached hydrogen (secondary N) is 1. The first kappa shape index (κ1) is 7.56. The molecule has 1 atom stereocenters. The molecular weight excluding hydrogens is 104 g/mol. The van der Waals surface area contributed by atoms with Crippen molar-refractivity contribution in [1.29, 1.82) is 0 Å². The van der Waals surface area contributed by atoms with Gasteiger partial charge in [0.05, 0.1) is 6.54 Å². The summed E-state index contributed by atoms with van der Waals surface area (Å²) >= 11 is 0. The van der Waals surface area contributed by atoms with Gasteiger partial charge >= 0.3 is 0 Å². The van der Waals surface area contributed by atoms with E-state index >= 15 is 0 Å². The molecule has 48 valence electrons. The highest BCUT2D eigenvalue weighted by atomic mass is 16.3. The number of likely N-dealkylation sites (N-methyl/N-ethyl adjacent to an activating group) is 1. The monoisotopic (exact) mass is 116 g/mol. The largest absolute Gasteiger partial charge is 0.313 e. The van der Waals surface area contributed by atoms with E-state index < -0.39 is 0 Å². The Hall–Kier alpha value is -0.440. The van der Waals surface area contributed by atoms with Gasteiger partial charge in [0, 0.05) is 6.04 Å². The molecule has 0 aliphatic carbocycles. The Morgan fingerprint density at radius 1 is 1.75 bits per heavy atom. The maximum Gasteiger partial charge on any atom is 0.0961 e. The third kappa shape index (κ3) is 3.74. The quantitative estimate of drug-likeness (QED) is 0.551. The van der Waals surface area contributed by atoms with Crippen LogP contribution in [-0.4, -0.2) is 19.1 Å². The molecule has 0 heterocycles. The van der Waals surface area contributed by atoms with Crippen molar-refractivity contribution in [1.82, 2.24) is 5.32 Å². The van der Waals surface area contributed by atoms with Crippen LogP contribution in [0.5, 0.6) is 0 Å². The second-order valence-corrected chi connectivity index (χ2v) is 1.77. The first-order valence-electron chi connectivity index (χ1n) is 2.83. The van der Waals surface area contributed by atoms with Crippen LogP contribution in [0.1, 0.15) is 13.8 Å². The van der Waals surface area contributed by atoms with E-state index in [-0.39, 0.29) is 6.04 Å². The average molecular weight is 116 g/mol. The van der Waals surface area contributed by atoms with E-state index in [9.17, 15) is 4.91 Å². The van der Waals surface area contributed by atoms with Gasteiger partial charge in [0.15, 0.2) is 0 Å². The van der Waals surface area contributed by atoms with Crippen LogP contribution in [0.25, 0.3) is 0 Å². The van der Waals surface area contributed by atoms with Crippen LogP contribution in [0.15, 0.2) is 5.18 Å². The van der Waals surface area contributed by atoms with E-state index in [1.54, 1.807) is 0 Å². The van der Waals surface area contributed by atoms with Gasteiger partial charge in [0.25, 0.3) is 0 Å². The van der Waals surface area contributed by atoms with Crippen LogP contribution in [0.3, 0.4) is 0 Å². The summed E-state index contributed by atoms with van der Waals surface area (Å²) in [7, 11) is 0. The molecule has 0 aromatic heterocycles. The van der Waals surface area contributed by atoms with Crippen LogP contribution in [-0.2, 0) is 0 Å². The molecule has 0 bridgehead atoms. The average Bonchev–Trinajstić information content (AvgIpc) is 1.68. The number of hydrogen-bond donors (Lipinski definition) is 1. The minimum Gasteiger partial charge on any atom is -0.313 e. The Morgan fingerprint density at radius 3 is 2.75 bits per heavy atom. The highest BCUT2D eigenvalue weighted by Crippen LogP contribution is 1.79. The maximum atomic E-state index is 9.60. The minimum absolute atomic E-state index is 0.234. The van der Waals surface area contributed by atoms with Gasteiger partial charge in [-0.15, -0.1) is 0 Å². The molecule has 3 heteroatoms. The molecule has 0 aliphatic heterocycles. The first-order valence-corrected chi connectivity index (χ1v) is 2.83. The van der Waals surface area contributed by atoms with Crippen LogP contribution in [0, 0.1) is 4.91 Å². The fraction of sp³-hybridized carbons (Fsp3) is 1.00. The highest BCUT2D eigenvalue weighted by Gasteiger charge is 1.95. The van der Waals surface area contributed by atoms with Gasteiger partial charge in [-0.25, -0.2) is 0 Å². The predicted octanol–water partition coefficient (Wildman–Crippen LogP) is 0.751. The van der Waals surface area contributed by atoms with Gasteiger partial charge in [-0.1, -0.05) is 12.1 Å². The Kier molecular flexibility index (Phi) is 4.45. The molecule has 0 radical (unpaired) electrons. The van der Waals surface area contributed by atoms with E-state index in [4.69, 9.17) is 0 Å². The topological polar surface area (TPSA) is 41.5 Å². The van der Waals surface area contributed by atoms with Gasteiger partial charge in [0.1, 0.15) is 0 Å². The Balaban J connectivity index is 3.03. The molecule has 8 heavy (non-hydrogen) atoms. The lowest BCUT2D eigenvalue weighted by Gasteiger charge is -2.04. The van der Waals surface area contributed by atoms with Crippen molar-refractivity contribution in [2.24, 2.45) is 5.18 Å². The standard InChI is InChI=1S/C5H12N2O/c1-3-6-5(2)4-7-8/h5-6H,3-4H2,1-2H3. The molecule has 0 aromatic rings. The zero-order valence-electron chi connectivity index (χ0n) is 5.35.